The lowest BCUT2D eigenvalue weighted by molar-refractivity contribution is -0.126. The van der Waals surface area contributed by atoms with Crippen LogP contribution in [0.15, 0.2) is 12.4 Å². The van der Waals surface area contributed by atoms with Gasteiger partial charge in [0.1, 0.15) is 0 Å². The van der Waals surface area contributed by atoms with Gasteiger partial charge >= 0.3 is 0 Å². The number of amides is 2. The number of rotatable bonds is 3. The minimum absolute atomic E-state index is 0.0156. The van der Waals surface area contributed by atoms with Crippen LogP contribution in [0.25, 0.3) is 0 Å². The van der Waals surface area contributed by atoms with E-state index in [9.17, 15) is 9.59 Å². The maximum Gasteiger partial charge on any atom is 0.257 e. The summed E-state index contributed by atoms with van der Waals surface area (Å²) in [6, 6.07) is 0. The number of aromatic amines is 1. The van der Waals surface area contributed by atoms with E-state index in [2.05, 4.69) is 15.5 Å². The van der Waals surface area contributed by atoms with Gasteiger partial charge in [-0.1, -0.05) is 0 Å². The molecule has 0 saturated carbocycles. The molecule has 1 fully saturated rings. The first-order valence-corrected chi connectivity index (χ1v) is 6.28. The average molecular weight is 250 g/mol. The second kappa shape index (κ2) is 5.66. The van der Waals surface area contributed by atoms with Crippen molar-refractivity contribution in [3.05, 3.63) is 18.0 Å². The molecule has 1 saturated heterocycles. The third-order valence-corrected chi connectivity index (χ3v) is 3.25. The Kier molecular flexibility index (Phi) is 3.96. The molecular formula is C12H18N4O2. The van der Waals surface area contributed by atoms with Crippen molar-refractivity contribution in [2.45, 2.75) is 19.8 Å². The van der Waals surface area contributed by atoms with Crippen LogP contribution in [0.4, 0.5) is 0 Å². The standard InChI is InChI=1S/C12H18N4O2/c1-2-13-11(17)9-3-5-16(6-4-9)12(18)10-7-14-15-8-10/h7-9H,2-6H2,1H3,(H,13,17)(H,14,15). The second-order valence-electron chi connectivity index (χ2n) is 4.45. The molecule has 1 aliphatic heterocycles. The zero-order valence-electron chi connectivity index (χ0n) is 10.5. The van der Waals surface area contributed by atoms with Gasteiger partial charge in [0.15, 0.2) is 0 Å². The SMILES string of the molecule is CCNC(=O)C1CCN(C(=O)c2cn[nH]c2)CC1. The van der Waals surface area contributed by atoms with Gasteiger partial charge in [0, 0.05) is 31.7 Å². The van der Waals surface area contributed by atoms with Crippen LogP contribution in [-0.4, -0.2) is 46.5 Å². The smallest absolute Gasteiger partial charge is 0.257 e. The summed E-state index contributed by atoms with van der Waals surface area (Å²) < 4.78 is 0. The lowest BCUT2D eigenvalue weighted by atomic mass is 9.95. The van der Waals surface area contributed by atoms with Gasteiger partial charge in [0.2, 0.25) is 5.91 Å². The Morgan fingerprint density at radius 3 is 2.78 bits per heavy atom. The predicted octanol–water partition coefficient (Wildman–Crippen LogP) is 0.398. The van der Waals surface area contributed by atoms with Crippen molar-refractivity contribution < 1.29 is 9.59 Å². The number of likely N-dealkylation sites (tertiary alicyclic amines) is 1. The van der Waals surface area contributed by atoms with Crippen molar-refractivity contribution in [2.75, 3.05) is 19.6 Å². The number of nitrogens with zero attached hydrogens (tertiary/aromatic N) is 2. The van der Waals surface area contributed by atoms with E-state index in [1.54, 1.807) is 11.1 Å². The summed E-state index contributed by atoms with van der Waals surface area (Å²) in [5, 5.41) is 9.23. The number of aromatic nitrogens is 2. The van der Waals surface area contributed by atoms with E-state index in [-0.39, 0.29) is 17.7 Å². The van der Waals surface area contributed by atoms with Crippen molar-refractivity contribution >= 4 is 11.8 Å². The maximum absolute atomic E-state index is 12.0. The summed E-state index contributed by atoms with van der Waals surface area (Å²) in [4.78, 5) is 25.5. The Labute approximate surface area is 106 Å². The average Bonchev–Trinajstić information content (AvgIpc) is 2.92. The summed E-state index contributed by atoms with van der Waals surface area (Å²) in [6.07, 6.45) is 4.58. The van der Waals surface area contributed by atoms with Crippen LogP contribution in [0.5, 0.6) is 0 Å². The van der Waals surface area contributed by atoms with Gasteiger partial charge in [-0.25, -0.2) is 0 Å². The highest BCUT2D eigenvalue weighted by Gasteiger charge is 2.27. The van der Waals surface area contributed by atoms with Gasteiger partial charge in [-0.15, -0.1) is 0 Å². The van der Waals surface area contributed by atoms with E-state index >= 15 is 0 Å². The van der Waals surface area contributed by atoms with Gasteiger partial charge in [-0.3, -0.25) is 14.7 Å². The predicted molar refractivity (Wildman–Crippen MR) is 65.9 cm³/mol. The van der Waals surface area contributed by atoms with Crippen LogP contribution in [0.3, 0.4) is 0 Å². The Bertz CT molecular complexity index is 408. The van der Waals surface area contributed by atoms with Crippen molar-refractivity contribution in [3.8, 4) is 0 Å². The molecule has 2 heterocycles. The molecule has 0 aromatic carbocycles. The molecule has 1 aliphatic rings. The fraction of sp³-hybridized carbons (Fsp3) is 0.583. The molecule has 0 radical (unpaired) electrons. The number of carbonyl (C=O) groups is 2. The first-order valence-electron chi connectivity index (χ1n) is 6.28. The maximum atomic E-state index is 12.0. The fourth-order valence-electron chi connectivity index (χ4n) is 2.21. The largest absolute Gasteiger partial charge is 0.356 e. The van der Waals surface area contributed by atoms with Crippen LogP contribution < -0.4 is 5.32 Å². The zero-order valence-corrected chi connectivity index (χ0v) is 10.5. The Morgan fingerprint density at radius 1 is 1.50 bits per heavy atom. The molecule has 2 N–H and O–H groups in total. The van der Waals surface area contributed by atoms with Crippen LogP contribution in [0.2, 0.25) is 0 Å². The van der Waals surface area contributed by atoms with Gasteiger partial charge in [0.05, 0.1) is 11.8 Å². The van der Waals surface area contributed by atoms with Crippen LogP contribution in [-0.2, 0) is 4.79 Å². The van der Waals surface area contributed by atoms with Crippen molar-refractivity contribution in [2.24, 2.45) is 5.92 Å². The topological polar surface area (TPSA) is 78.1 Å². The number of piperidine rings is 1. The highest BCUT2D eigenvalue weighted by molar-refractivity contribution is 5.93. The van der Waals surface area contributed by atoms with Crippen LogP contribution in [0, 0.1) is 5.92 Å². The lowest BCUT2D eigenvalue weighted by Crippen LogP contribution is -2.42. The van der Waals surface area contributed by atoms with Crippen molar-refractivity contribution in [1.29, 1.82) is 0 Å². The molecule has 0 bridgehead atoms. The molecule has 6 nitrogen and oxygen atoms in total. The second-order valence-corrected chi connectivity index (χ2v) is 4.45. The summed E-state index contributed by atoms with van der Waals surface area (Å²) >= 11 is 0. The number of hydrogen-bond acceptors (Lipinski definition) is 3. The van der Waals surface area contributed by atoms with Gasteiger partial charge in [-0.2, -0.15) is 5.10 Å². The minimum Gasteiger partial charge on any atom is -0.356 e. The van der Waals surface area contributed by atoms with E-state index in [4.69, 9.17) is 0 Å². The summed E-state index contributed by atoms with van der Waals surface area (Å²) in [7, 11) is 0. The highest BCUT2D eigenvalue weighted by Crippen LogP contribution is 2.18. The first-order chi connectivity index (χ1) is 8.72. The molecule has 98 valence electrons. The molecule has 2 rings (SSSR count). The van der Waals surface area contributed by atoms with Crippen LogP contribution in [0.1, 0.15) is 30.1 Å². The molecule has 0 spiro atoms. The quantitative estimate of drug-likeness (QED) is 0.815. The number of hydrogen-bond donors (Lipinski definition) is 2. The van der Waals surface area contributed by atoms with E-state index in [0.717, 1.165) is 12.8 Å². The molecule has 0 aliphatic carbocycles. The van der Waals surface area contributed by atoms with Gasteiger partial charge in [0.25, 0.3) is 5.91 Å². The van der Waals surface area contributed by atoms with E-state index in [1.807, 2.05) is 6.92 Å². The number of carbonyl (C=O) groups excluding carboxylic acids is 2. The fourth-order valence-corrected chi connectivity index (χ4v) is 2.21. The van der Waals surface area contributed by atoms with E-state index in [0.29, 0.717) is 25.2 Å². The molecule has 2 amide bonds. The lowest BCUT2D eigenvalue weighted by Gasteiger charge is -2.31. The monoisotopic (exact) mass is 250 g/mol. The van der Waals surface area contributed by atoms with Crippen molar-refractivity contribution in [1.82, 2.24) is 20.4 Å². The molecule has 0 unspecified atom stereocenters. The third-order valence-electron chi connectivity index (χ3n) is 3.25. The zero-order chi connectivity index (χ0) is 13.0. The number of nitrogens with one attached hydrogen (secondary N) is 2. The highest BCUT2D eigenvalue weighted by atomic mass is 16.2. The molecule has 18 heavy (non-hydrogen) atoms. The summed E-state index contributed by atoms with van der Waals surface area (Å²) in [5.74, 6) is 0.129. The third kappa shape index (κ3) is 2.69. The normalized spacial score (nSPS) is 16.6. The summed E-state index contributed by atoms with van der Waals surface area (Å²) in [6.45, 7) is 3.83. The molecule has 6 heteroatoms. The number of H-pyrrole nitrogens is 1. The molecule has 1 aromatic heterocycles. The Balaban J connectivity index is 1.87. The summed E-state index contributed by atoms with van der Waals surface area (Å²) in [5.41, 5.74) is 0.575. The van der Waals surface area contributed by atoms with Crippen molar-refractivity contribution in [3.63, 3.8) is 0 Å². The van der Waals surface area contributed by atoms with Gasteiger partial charge < -0.3 is 10.2 Å². The minimum atomic E-state index is -0.0156. The van der Waals surface area contributed by atoms with Crippen LogP contribution >= 0.6 is 0 Å². The molecular weight excluding hydrogens is 232 g/mol. The Hall–Kier alpha value is -1.85. The first kappa shape index (κ1) is 12.6. The Morgan fingerprint density at radius 2 is 2.22 bits per heavy atom. The molecule has 0 atom stereocenters. The van der Waals surface area contributed by atoms with Gasteiger partial charge in [-0.05, 0) is 19.8 Å². The molecule has 1 aromatic rings. The van der Waals surface area contributed by atoms with E-state index < -0.39 is 0 Å². The van der Waals surface area contributed by atoms with E-state index in [1.165, 1.54) is 6.20 Å².